The van der Waals surface area contributed by atoms with Gasteiger partial charge in [-0.1, -0.05) is 24.6 Å². The van der Waals surface area contributed by atoms with E-state index < -0.39 is 136 Å². The molecule has 0 aliphatic carbocycles. The van der Waals surface area contributed by atoms with Crippen molar-refractivity contribution in [2.75, 3.05) is 52.4 Å². The molecule has 3 amide bonds. The van der Waals surface area contributed by atoms with Crippen LogP contribution in [0.2, 0.25) is 0 Å². The van der Waals surface area contributed by atoms with Crippen molar-refractivity contribution >= 4 is 47.3 Å². The Labute approximate surface area is 427 Å². The lowest BCUT2D eigenvalue weighted by Gasteiger charge is -2.31. The summed E-state index contributed by atoms with van der Waals surface area (Å²) in [5, 5.41) is 34.1. The Morgan fingerprint density at radius 2 is 0.829 bits per heavy atom. The first-order valence-electron chi connectivity index (χ1n) is 22.6. The standard InChI is InChI=1S/C16H13F4NO2.2C11H11F4NO3.C11H15NO3/c1-11(12-2-4-13(5-3-12)14(22)23)21-9-8-15(17,18)6-7-16(19,20)10-21;12-10(13)3-4-11(14,15)7-16(6-5-10)8(17)1-2-9(18)19;12-10(13)5-1-2-6-16(7-11(10,14)15)8(17)3-4-9(18)19;13-10(6-7-11(14)15)12-8-4-2-1-3-5-9-12/h2-5H,1,8-10H2,(H,22,23);1-2,5-7H2,(H,18,19);2-4,6-7H2,(H,18,19);2,4-9H2,(H,14,15). The number of halogens is 12. The van der Waals surface area contributed by atoms with E-state index >= 15 is 0 Å². The van der Waals surface area contributed by atoms with E-state index in [4.69, 9.17) is 20.4 Å². The highest BCUT2D eigenvalue weighted by Crippen LogP contribution is 2.35. The minimum absolute atomic E-state index is 0.0250. The van der Waals surface area contributed by atoms with Gasteiger partial charge >= 0.3 is 59.4 Å². The zero-order valence-electron chi connectivity index (χ0n) is 40.1. The highest BCUT2D eigenvalue weighted by molar-refractivity contribution is 5.88. The number of carboxylic acids is 4. The van der Waals surface area contributed by atoms with E-state index in [-0.39, 0.29) is 49.5 Å². The van der Waals surface area contributed by atoms with Gasteiger partial charge in [-0.05, 0) is 53.7 Å². The van der Waals surface area contributed by atoms with Gasteiger partial charge in [-0.2, -0.15) is 52.7 Å². The van der Waals surface area contributed by atoms with Crippen LogP contribution in [-0.4, -0.2) is 170 Å². The van der Waals surface area contributed by atoms with E-state index in [0.717, 1.165) is 23.7 Å². The fourth-order valence-electron chi connectivity index (χ4n) is 6.48. The number of rotatable bonds is 12. The molecular weight excluding hydrogens is 1050 g/mol. The maximum absolute atomic E-state index is 13.6. The molecule has 416 valence electrons. The van der Waals surface area contributed by atoms with Crippen molar-refractivity contribution in [1.82, 2.24) is 19.6 Å². The molecule has 4 heterocycles. The molecule has 0 saturated heterocycles. The average Bonchev–Trinajstić information content (AvgIpc) is 3.31. The molecule has 15 nitrogen and oxygen atoms in total. The molecule has 0 fully saturated rings. The number of aromatic carboxylic acids is 1. The zero-order chi connectivity index (χ0) is 57.7. The molecule has 0 aromatic heterocycles. The van der Waals surface area contributed by atoms with Crippen LogP contribution in [0.1, 0.15) is 93.0 Å². The molecule has 4 N–H and O–H groups in total. The number of aliphatic carboxylic acids is 3. The normalized spacial score (nSPS) is 19.3. The van der Waals surface area contributed by atoms with Crippen molar-refractivity contribution in [2.24, 2.45) is 0 Å². The Balaban J connectivity index is 0.000000350. The van der Waals surface area contributed by atoms with Gasteiger partial charge in [0.2, 0.25) is 17.7 Å². The summed E-state index contributed by atoms with van der Waals surface area (Å²) in [6, 6.07) is 5.37. The van der Waals surface area contributed by atoms with Gasteiger partial charge in [0.15, 0.2) is 0 Å². The van der Waals surface area contributed by atoms with E-state index in [1.807, 2.05) is 5.92 Å². The third kappa shape index (κ3) is 23.8. The Bertz CT molecular complexity index is 2520. The maximum Gasteiger partial charge on any atom is 0.372 e. The molecule has 76 heavy (non-hydrogen) atoms. The van der Waals surface area contributed by atoms with Gasteiger partial charge in [-0.3, -0.25) is 28.8 Å². The van der Waals surface area contributed by atoms with Gasteiger partial charge in [-0.15, -0.1) is 11.8 Å². The summed E-state index contributed by atoms with van der Waals surface area (Å²) in [7, 11) is 0. The van der Waals surface area contributed by atoms with E-state index in [1.165, 1.54) is 47.9 Å². The minimum Gasteiger partial charge on any atom is -0.481 e. The summed E-state index contributed by atoms with van der Waals surface area (Å²) in [5.74, 6) is -15.8. The van der Waals surface area contributed by atoms with E-state index in [0.29, 0.717) is 34.9 Å². The van der Waals surface area contributed by atoms with Crippen molar-refractivity contribution in [3.8, 4) is 47.4 Å². The van der Waals surface area contributed by atoms with Gasteiger partial charge in [0.1, 0.15) is 0 Å². The fraction of sp³-hybridized carbons (Fsp3) is 0.531. The van der Waals surface area contributed by atoms with Crippen LogP contribution in [0.25, 0.3) is 5.70 Å². The largest absolute Gasteiger partial charge is 0.481 e. The number of hydrogen-bond acceptors (Lipinski definition) is 8. The number of alkyl halides is 12. The Hall–Kier alpha value is -7.55. The van der Waals surface area contributed by atoms with E-state index in [2.05, 4.69) is 18.4 Å². The van der Waals surface area contributed by atoms with Gasteiger partial charge < -0.3 is 40.0 Å². The van der Waals surface area contributed by atoms with E-state index in [9.17, 15) is 86.2 Å². The van der Waals surface area contributed by atoms with Crippen LogP contribution in [0.3, 0.4) is 0 Å². The quantitative estimate of drug-likeness (QED) is 0.124. The molecule has 0 atom stereocenters. The second-order valence-corrected chi connectivity index (χ2v) is 16.8. The minimum atomic E-state index is -4.50. The molecule has 0 spiro atoms. The number of hydrogen-bond donors (Lipinski definition) is 4. The summed E-state index contributed by atoms with van der Waals surface area (Å²) in [6.07, 6.45) is -1.39. The maximum atomic E-state index is 13.6. The van der Waals surface area contributed by atoms with Crippen LogP contribution in [0.4, 0.5) is 52.7 Å². The number of carbonyl (C=O) groups excluding carboxylic acids is 3. The summed E-state index contributed by atoms with van der Waals surface area (Å²) in [4.78, 5) is 80.1. The summed E-state index contributed by atoms with van der Waals surface area (Å²) >= 11 is 0. The van der Waals surface area contributed by atoms with Crippen LogP contribution in [0.5, 0.6) is 0 Å². The molecule has 4 aliphatic rings. The number of carbonyl (C=O) groups is 7. The lowest BCUT2D eigenvalue weighted by molar-refractivity contribution is -0.187. The monoisotopic (exact) mass is 1100 g/mol. The molecule has 1 aromatic carbocycles. The molecular formula is C49H50F12N4O11. The molecule has 27 heteroatoms. The van der Waals surface area contributed by atoms with Crippen LogP contribution >= 0.6 is 0 Å². The van der Waals surface area contributed by atoms with Crippen molar-refractivity contribution in [2.45, 2.75) is 113 Å². The SMILES string of the molecule is C=C(c1ccc(C(=O)O)cc1)N1CCC(F)(F)C#CC(F)(F)C1.O=C(O)CCC(=O)N1CCC#CC(F)(F)C(F)(F)C1.O=C(O)CCC(=O)N1CCC#CCCC1.O=C(O)CCC(=O)N1CCC(F)(F)C#CC(F)(F)C1. The first-order chi connectivity index (χ1) is 35.1. The van der Waals surface area contributed by atoms with Crippen LogP contribution in [-0.2, 0) is 28.8 Å². The highest BCUT2D eigenvalue weighted by Gasteiger charge is 2.57. The summed E-state index contributed by atoms with van der Waals surface area (Å²) in [6.45, 7) is 0.424. The second kappa shape index (κ2) is 28.4. The van der Waals surface area contributed by atoms with Crippen molar-refractivity contribution in [3.05, 3.63) is 42.0 Å². The molecule has 5 rings (SSSR count). The lowest BCUT2D eigenvalue weighted by Crippen LogP contribution is -2.51. The highest BCUT2D eigenvalue weighted by atomic mass is 19.3. The van der Waals surface area contributed by atoms with Crippen molar-refractivity contribution < 1.29 is 107 Å². The smallest absolute Gasteiger partial charge is 0.372 e. The van der Waals surface area contributed by atoms with Gasteiger partial charge in [0, 0.05) is 89.8 Å². The van der Waals surface area contributed by atoms with Gasteiger partial charge in [0.25, 0.3) is 0 Å². The number of nitrogens with zero attached hydrogens (tertiary/aromatic N) is 4. The summed E-state index contributed by atoms with van der Waals surface area (Å²) < 4.78 is 159. The Kier molecular flexibility index (Phi) is 24.1. The first-order valence-corrected chi connectivity index (χ1v) is 22.6. The fourth-order valence-corrected chi connectivity index (χ4v) is 6.48. The number of amides is 3. The van der Waals surface area contributed by atoms with Crippen molar-refractivity contribution in [3.63, 3.8) is 0 Å². The second-order valence-electron chi connectivity index (χ2n) is 16.8. The predicted octanol–water partition coefficient (Wildman–Crippen LogP) is 6.92. The van der Waals surface area contributed by atoms with Crippen LogP contribution in [0.15, 0.2) is 30.8 Å². The predicted molar refractivity (Wildman–Crippen MR) is 243 cm³/mol. The molecule has 0 saturated carbocycles. The average molecular weight is 1100 g/mol. The zero-order valence-corrected chi connectivity index (χ0v) is 40.1. The summed E-state index contributed by atoms with van der Waals surface area (Å²) in [5.41, 5.74) is 0.515. The number of benzene rings is 1. The molecule has 4 aliphatic heterocycles. The van der Waals surface area contributed by atoms with Gasteiger partial charge in [0.05, 0.1) is 44.5 Å². The molecule has 1 aromatic rings. The molecule has 0 unspecified atom stereocenters. The third-order valence-corrected chi connectivity index (χ3v) is 10.6. The van der Waals surface area contributed by atoms with E-state index in [1.54, 1.807) is 4.90 Å². The number of carboxylic acid groups (broad SMARTS) is 4. The van der Waals surface area contributed by atoms with Gasteiger partial charge in [-0.25, -0.2) is 4.79 Å². The van der Waals surface area contributed by atoms with Crippen LogP contribution in [0, 0.1) is 47.4 Å². The van der Waals surface area contributed by atoms with Crippen LogP contribution < -0.4 is 0 Å². The molecule has 0 bridgehead atoms. The Morgan fingerprint density at radius 1 is 0.447 bits per heavy atom. The topological polar surface area (TPSA) is 213 Å². The molecule has 0 radical (unpaired) electrons. The Morgan fingerprint density at radius 3 is 1.30 bits per heavy atom. The lowest BCUT2D eigenvalue weighted by atomic mass is 10.1. The third-order valence-electron chi connectivity index (χ3n) is 10.6. The first kappa shape index (κ1) is 64.6. The van der Waals surface area contributed by atoms with Crippen molar-refractivity contribution in [1.29, 1.82) is 0 Å².